The van der Waals surface area contributed by atoms with Crippen molar-refractivity contribution in [2.45, 2.75) is 26.2 Å². The monoisotopic (exact) mass is 412 g/mol. The van der Waals surface area contributed by atoms with E-state index in [1.165, 1.54) is 11.1 Å². The predicted octanol–water partition coefficient (Wildman–Crippen LogP) is 4.52. The molecule has 158 valence electrons. The number of carbonyl (C=O) groups is 2. The highest BCUT2D eigenvalue weighted by Crippen LogP contribution is 2.29. The van der Waals surface area contributed by atoms with Crippen LogP contribution in [0.1, 0.15) is 34.0 Å². The smallest absolute Gasteiger partial charge is 0.253 e. The Hall–Kier alpha value is -3.40. The first-order valence-electron chi connectivity index (χ1n) is 10.9. The van der Waals surface area contributed by atoms with Gasteiger partial charge in [-0.2, -0.15) is 0 Å². The summed E-state index contributed by atoms with van der Waals surface area (Å²) in [7, 11) is 0. The van der Waals surface area contributed by atoms with Crippen LogP contribution >= 0.6 is 0 Å². The molecule has 0 saturated carbocycles. The molecule has 1 heterocycles. The number of hydrogen-bond acceptors (Lipinski definition) is 2. The van der Waals surface area contributed by atoms with E-state index < -0.39 is 0 Å². The summed E-state index contributed by atoms with van der Waals surface area (Å²) in [6.07, 6.45) is 2.44. The lowest BCUT2D eigenvalue weighted by Gasteiger charge is -2.24. The molecule has 0 atom stereocenters. The number of nitrogens with zero attached hydrogens (tertiary/aromatic N) is 2. The largest absolute Gasteiger partial charge is 0.338 e. The minimum atomic E-state index is 0.0465. The first-order valence-corrected chi connectivity index (χ1v) is 10.9. The fourth-order valence-electron chi connectivity index (χ4n) is 4.18. The molecular formula is C27H28N2O2. The highest BCUT2D eigenvalue weighted by Gasteiger charge is 2.24. The van der Waals surface area contributed by atoms with Gasteiger partial charge in [0.1, 0.15) is 0 Å². The number of carbonyl (C=O) groups excluding carboxylic acids is 2. The van der Waals surface area contributed by atoms with E-state index in [2.05, 4.69) is 24.3 Å². The number of amides is 2. The molecule has 0 spiro atoms. The minimum absolute atomic E-state index is 0.0465. The maximum Gasteiger partial charge on any atom is 0.253 e. The molecule has 0 aromatic heterocycles. The molecule has 4 heteroatoms. The van der Waals surface area contributed by atoms with Crippen molar-refractivity contribution in [1.82, 2.24) is 4.90 Å². The van der Waals surface area contributed by atoms with Gasteiger partial charge < -0.3 is 9.80 Å². The van der Waals surface area contributed by atoms with E-state index in [0.717, 1.165) is 30.5 Å². The summed E-state index contributed by atoms with van der Waals surface area (Å²) in [6.45, 7) is 3.62. The van der Waals surface area contributed by atoms with Crippen LogP contribution < -0.4 is 4.90 Å². The van der Waals surface area contributed by atoms with Gasteiger partial charge in [0.05, 0.1) is 0 Å². The molecule has 0 unspecified atom stereocenters. The van der Waals surface area contributed by atoms with Crippen LogP contribution in [0.3, 0.4) is 0 Å². The van der Waals surface area contributed by atoms with Crippen LogP contribution in [0.4, 0.5) is 5.69 Å². The Bertz CT molecular complexity index is 1000. The van der Waals surface area contributed by atoms with E-state index in [1.807, 2.05) is 59.5 Å². The van der Waals surface area contributed by atoms with Crippen LogP contribution in [0, 0.1) is 0 Å². The molecule has 0 fully saturated rings. The van der Waals surface area contributed by atoms with E-state index in [-0.39, 0.29) is 11.8 Å². The van der Waals surface area contributed by atoms with Gasteiger partial charge >= 0.3 is 0 Å². The normalized spacial score (nSPS) is 12.5. The maximum absolute atomic E-state index is 13.4. The van der Waals surface area contributed by atoms with Gasteiger partial charge in [-0.15, -0.1) is 0 Å². The molecule has 0 N–H and O–H groups in total. The van der Waals surface area contributed by atoms with Gasteiger partial charge in [-0.05, 0) is 54.2 Å². The molecule has 0 saturated heterocycles. The second kappa shape index (κ2) is 9.61. The first kappa shape index (κ1) is 20.9. The van der Waals surface area contributed by atoms with Crippen molar-refractivity contribution in [2.75, 3.05) is 24.5 Å². The SMILES string of the molecule is CC(=O)N1CCc2cc(C(=O)N(CCc3ccccc3)CCc3ccccc3)ccc21. The number of fused-ring (bicyclic) bond motifs is 1. The molecule has 1 aliphatic rings. The fraction of sp³-hybridized carbons (Fsp3) is 0.259. The third-order valence-electron chi connectivity index (χ3n) is 5.92. The average Bonchev–Trinajstić information content (AvgIpc) is 3.24. The molecular weight excluding hydrogens is 384 g/mol. The lowest BCUT2D eigenvalue weighted by atomic mass is 10.1. The summed E-state index contributed by atoms with van der Waals surface area (Å²) >= 11 is 0. The predicted molar refractivity (Wildman–Crippen MR) is 124 cm³/mol. The highest BCUT2D eigenvalue weighted by molar-refractivity contribution is 5.97. The van der Waals surface area contributed by atoms with Crippen LogP contribution in [-0.2, 0) is 24.1 Å². The Balaban J connectivity index is 1.52. The van der Waals surface area contributed by atoms with Crippen molar-refractivity contribution in [1.29, 1.82) is 0 Å². The third-order valence-corrected chi connectivity index (χ3v) is 5.92. The molecule has 4 nitrogen and oxygen atoms in total. The van der Waals surface area contributed by atoms with Crippen LogP contribution in [0.2, 0.25) is 0 Å². The molecule has 4 rings (SSSR count). The van der Waals surface area contributed by atoms with Gasteiger partial charge in [-0.1, -0.05) is 60.7 Å². The molecule has 0 radical (unpaired) electrons. The number of anilines is 1. The van der Waals surface area contributed by atoms with Crippen LogP contribution in [0.25, 0.3) is 0 Å². The van der Waals surface area contributed by atoms with Crippen LogP contribution in [-0.4, -0.2) is 36.3 Å². The summed E-state index contributed by atoms with van der Waals surface area (Å²) in [4.78, 5) is 29.0. The molecule has 0 bridgehead atoms. The van der Waals surface area contributed by atoms with Crippen molar-refractivity contribution >= 4 is 17.5 Å². The van der Waals surface area contributed by atoms with Crippen molar-refractivity contribution in [3.8, 4) is 0 Å². The fourth-order valence-corrected chi connectivity index (χ4v) is 4.18. The molecule has 3 aromatic rings. The molecule has 3 aromatic carbocycles. The van der Waals surface area contributed by atoms with Crippen molar-refractivity contribution < 1.29 is 9.59 Å². The quantitative estimate of drug-likeness (QED) is 0.572. The summed E-state index contributed by atoms with van der Waals surface area (Å²) in [5, 5.41) is 0. The first-order chi connectivity index (χ1) is 15.1. The van der Waals surface area contributed by atoms with Gasteiger partial charge in [0, 0.05) is 37.8 Å². The Morgan fingerprint density at radius 1 is 0.839 bits per heavy atom. The molecule has 31 heavy (non-hydrogen) atoms. The Kier molecular flexibility index (Phi) is 6.46. The van der Waals surface area contributed by atoms with Crippen molar-refractivity contribution in [3.63, 3.8) is 0 Å². The summed E-state index contributed by atoms with van der Waals surface area (Å²) in [6, 6.07) is 26.3. The maximum atomic E-state index is 13.4. The highest BCUT2D eigenvalue weighted by atomic mass is 16.2. The number of hydrogen-bond donors (Lipinski definition) is 0. The van der Waals surface area contributed by atoms with E-state index in [9.17, 15) is 9.59 Å². The second-order valence-corrected chi connectivity index (χ2v) is 8.03. The lowest BCUT2D eigenvalue weighted by molar-refractivity contribution is -0.116. The van der Waals surface area contributed by atoms with E-state index in [1.54, 1.807) is 11.8 Å². The summed E-state index contributed by atoms with van der Waals surface area (Å²) in [5.74, 6) is 0.0983. The number of rotatable bonds is 7. The van der Waals surface area contributed by atoms with Gasteiger partial charge in [0.2, 0.25) is 5.91 Å². The zero-order valence-electron chi connectivity index (χ0n) is 18.0. The zero-order chi connectivity index (χ0) is 21.6. The number of benzene rings is 3. The van der Waals surface area contributed by atoms with Crippen molar-refractivity contribution in [2.24, 2.45) is 0 Å². The standard InChI is InChI=1S/C27H28N2O2/c1-21(30)29-19-16-24-20-25(12-13-26(24)29)27(31)28(17-14-22-8-4-2-5-9-22)18-15-23-10-6-3-7-11-23/h2-13,20H,14-19H2,1H3. The summed E-state index contributed by atoms with van der Waals surface area (Å²) < 4.78 is 0. The van der Waals surface area contributed by atoms with Crippen molar-refractivity contribution in [3.05, 3.63) is 101 Å². The zero-order valence-corrected chi connectivity index (χ0v) is 18.0. The topological polar surface area (TPSA) is 40.6 Å². The van der Waals surface area contributed by atoms with E-state index in [4.69, 9.17) is 0 Å². The Morgan fingerprint density at radius 2 is 1.42 bits per heavy atom. The second-order valence-electron chi connectivity index (χ2n) is 8.03. The third kappa shape index (κ3) is 5.02. The van der Waals surface area contributed by atoms with Crippen LogP contribution in [0.5, 0.6) is 0 Å². The van der Waals surface area contributed by atoms with Gasteiger partial charge in [0.15, 0.2) is 0 Å². The van der Waals surface area contributed by atoms with E-state index >= 15 is 0 Å². The Morgan fingerprint density at radius 3 is 1.97 bits per heavy atom. The lowest BCUT2D eigenvalue weighted by Crippen LogP contribution is -2.35. The van der Waals surface area contributed by atoms with Gasteiger partial charge in [-0.25, -0.2) is 0 Å². The summed E-state index contributed by atoms with van der Waals surface area (Å²) in [5.41, 5.74) is 5.17. The Labute approximate surface area is 184 Å². The molecule has 0 aliphatic carbocycles. The minimum Gasteiger partial charge on any atom is -0.338 e. The average molecular weight is 413 g/mol. The van der Waals surface area contributed by atoms with Gasteiger partial charge in [0.25, 0.3) is 5.91 Å². The molecule has 2 amide bonds. The van der Waals surface area contributed by atoms with E-state index in [0.29, 0.717) is 25.2 Å². The molecule has 1 aliphatic heterocycles. The van der Waals surface area contributed by atoms with Gasteiger partial charge in [-0.3, -0.25) is 9.59 Å². The van der Waals surface area contributed by atoms with Crippen LogP contribution in [0.15, 0.2) is 78.9 Å².